The standard InChI is InChI=1S/C14H26N2O3S/c1-9(2)8-12(13(17)18)16-14(19)15-10-4-6-11(20-3)7-5-10/h9-12H,4-8H2,1-3H3,(H,17,18)(H2,15,16,19). The van der Waals surface area contributed by atoms with Crippen molar-refractivity contribution in [3.05, 3.63) is 0 Å². The summed E-state index contributed by atoms with van der Waals surface area (Å²) in [5.41, 5.74) is 0. The fourth-order valence-electron chi connectivity index (χ4n) is 2.52. The van der Waals surface area contributed by atoms with Crippen LogP contribution in [0.4, 0.5) is 4.79 Å². The average Bonchev–Trinajstić information content (AvgIpc) is 2.38. The van der Waals surface area contributed by atoms with Crippen LogP contribution in [0, 0.1) is 5.92 Å². The third kappa shape index (κ3) is 6.03. The Morgan fingerprint density at radius 2 is 1.85 bits per heavy atom. The minimum absolute atomic E-state index is 0.173. The summed E-state index contributed by atoms with van der Waals surface area (Å²) in [7, 11) is 0. The van der Waals surface area contributed by atoms with Gasteiger partial charge in [-0.25, -0.2) is 9.59 Å². The van der Waals surface area contributed by atoms with Gasteiger partial charge in [0.2, 0.25) is 0 Å². The molecule has 0 spiro atoms. The molecule has 6 heteroatoms. The topological polar surface area (TPSA) is 78.4 Å². The van der Waals surface area contributed by atoms with Crippen molar-refractivity contribution in [2.75, 3.05) is 6.26 Å². The summed E-state index contributed by atoms with van der Waals surface area (Å²) in [6, 6.07) is -0.991. The summed E-state index contributed by atoms with van der Waals surface area (Å²) < 4.78 is 0. The molecule has 5 nitrogen and oxygen atoms in total. The fourth-order valence-corrected chi connectivity index (χ4v) is 3.26. The Labute approximate surface area is 125 Å². The first kappa shape index (κ1) is 17.1. The van der Waals surface area contributed by atoms with Crippen LogP contribution < -0.4 is 10.6 Å². The summed E-state index contributed by atoms with van der Waals surface area (Å²) in [5.74, 6) is -0.742. The van der Waals surface area contributed by atoms with Crippen molar-refractivity contribution in [3.8, 4) is 0 Å². The lowest BCUT2D eigenvalue weighted by Gasteiger charge is -2.28. The molecule has 0 heterocycles. The Bertz CT molecular complexity index is 328. The molecule has 1 atom stereocenters. The molecule has 0 aromatic heterocycles. The number of thioether (sulfide) groups is 1. The van der Waals surface area contributed by atoms with E-state index < -0.39 is 12.0 Å². The van der Waals surface area contributed by atoms with Gasteiger partial charge in [-0.2, -0.15) is 11.8 Å². The lowest BCUT2D eigenvalue weighted by atomic mass is 9.95. The monoisotopic (exact) mass is 302 g/mol. The molecule has 1 unspecified atom stereocenters. The minimum Gasteiger partial charge on any atom is -0.480 e. The second kappa shape index (κ2) is 8.39. The molecule has 0 radical (unpaired) electrons. The van der Waals surface area contributed by atoms with Gasteiger partial charge in [0.1, 0.15) is 6.04 Å². The zero-order valence-corrected chi connectivity index (χ0v) is 13.3. The van der Waals surface area contributed by atoms with Crippen molar-refractivity contribution in [1.82, 2.24) is 10.6 Å². The molecule has 20 heavy (non-hydrogen) atoms. The number of carboxylic acid groups (broad SMARTS) is 1. The SMILES string of the molecule is CSC1CCC(NC(=O)NC(CC(C)C)C(=O)O)CC1. The van der Waals surface area contributed by atoms with Crippen LogP contribution in [0.5, 0.6) is 0 Å². The predicted octanol–water partition coefficient (Wildman–Crippen LogP) is 2.46. The summed E-state index contributed by atoms with van der Waals surface area (Å²) in [5, 5.41) is 15.3. The van der Waals surface area contributed by atoms with Crippen LogP contribution in [0.3, 0.4) is 0 Å². The van der Waals surface area contributed by atoms with E-state index >= 15 is 0 Å². The van der Waals surface area contributed by atoms with Crippen molar-refractivity contribution < 1.29 is 14.7 Å². The van der Waals surface area contributed by atoms with Crippen molar-refractivity contribution in [2.45, 2.75) is 63.3 Å². The van der Waals surface area contributed by atoms with Gasteiger partial charge in [0.25, 0.3) is 0 Å². The zero-order valence-electron chi connectivity index (χ0n) is 12.5. The zero-order chi connectivity index (χ0) is 15.1. The lowest BCUT2D eigenvalue weighted by molar-refractivity contribution is -0.139. The van der Waals surface area contributed by atoms with Crippen molar-refractivity contribution in [2.24, 2.45) is 5.92 Å². The number of urea groups is 1. The Balaban J connectivity index is 2.36. The minimum atomic E-state index is -0.972. The van der Waals surface area contributed by atoms with Gasteiger partial charge in [-0.1, -0.05) is 13.8 Å². The molecule has 2 amide bonds. The highest BCUT2D eigenvalue weighted by molar-refractivity contribution is 7.99. The molecular weight excluding hydrogens is 276 g/mol. The molecule has 0 aromatic carbocycles. The van der Waals surface area contributed by atoms with Crippen LogP contribution in [-0.4, -0.2) is 40.7 Å². The molecule has 1 saturated carbocycles. The molecule has 1 fully saturated rings. The van der Waals surface area contributed by atoms with E-state index in [9.17, 15) is 9.59 Å². The smallest absolute Gasteiger partial charge is 0.326 e. The first-order valence-electron chi connectivity index (χ1n) is 7.25. The number of aliphatic carboxylic acids is 1. The van der Waals surface area contributed by atoms with Crippen LogP contribution in [0.2, 0.25) is 0 Å². The molecule has 0 saturated heterocycles. The molecule has 1 aliphatic rings. The van der Waals surface area contributed by atoms with Crippen LogP contribution in [0.25, 0.3) is 0 Å². The number of carboxylic acids is 1. The number of carbonyl (C=O) groups is 2. The molecular formula is C14H26N2O3S. The van der Waals surface area contributed by atoms with E-state index in [0.29, 0.717) is 11.7 Å². The number of carbonyl (C=O) groups excluding carboxylic acids is 1. The lowest BCUT2D eigenvalue weighted by Crippen LogP contribution is -2.50. The summed E-state index contributed by atoms with van der Waals surface area (Å²) in [6.07, 6.45) is 6.74. The average molecular weight is 302 g/mol. The number of rotatable bonds is 6. The van der Waals surface area contributed by atoms with Crippen LogP contribution in [-0.2, 0) is 4.79 Å². The summed E-state index contributed by atoms with van der Waals surface area (Å²) >= 11 is 1.88. The number of hydrogen-bond donors (Lipinski definition) is 3. The Kier molecular flexibility index (Phi) is 7.19. The van der Waals surface area contributed by atoms with E-state index in [1.54, 1.807) is 0 Å². The highest BCUT2D eigenvalue weighted by Gasteiger charge is 2.25. The fraction of sp³-hybridized carbons (Fsp3) is 0.857. The van der Waals surface area contributed by atoms with E-state index in [1.165, 1.54) is 0 Å². The van der Waals surface area contributed by atoms with E-state index in [2.05, 4.69) is 16.9 Å². The number of nitrogens with one attached hydrogen (secondary N) is 2. The van der Waals surface area contributed by atoms with Gasteiger partial charge < -0.3 is 15.7 Å². The van der Waals surface area contributed by atoms with Gasteiger partial charge in [0.15, 0.2) is 0 Å². The molecule has 1 aliphatic carbocycles. The van der Waals surface area contributed by atoms with Gasteiger partial charge in [-0.05, 0) is 44.3 Å². The highest BCUT2D eigenvalue weighted by Crippen LogP contribution is 2.26. The molecule has 116 valence electrons. The molecule has 0 aliphatic heterocycles. The summed E-state index contributed by atoms with van der Waals surface area (Å²) in [4.78, 5) is 23.0. The first-order valence-corrected chi connectivity index (χ1v) is 8.53. The van der Waals surface area contributed by atoms with Crippen molar-refractivity contribution in [1.29, 1.82) is 0 Å². The van der Waals surface area contributed by atoms with Gasteiger partial charge in [-0.3, -0.25) is 0 Å². The highest BCUT2D eigenvalue weighted by atomic mass is 32.2. The second-order valence-corrected chi connectivity index (χ2v) is 6.99. The molecule has 1 rings (SSSR count). The largest absolute Gasteiger partial charge is 0.480 e. The molecule has 0 bridgehead atoms. The third-order valence-electron chi connectivity index (χ3n) is 3.65. The Morgan fingerprint density at radius 1 is 1.25 bits per heavy atom. The van der Waals surface area contributed by atoms with Gasteiger partial charge in [0, 0.05) is 11.3 Å². The van der Waals surface area contributed by atoms with Gasteiger partial charge in [-0.15, -0.1) is 0 Å². The predicted molar refractivity (Wildman–Crippen MR) is 82.1 cm³/mol. The normalized spacial score (nSPS) is 24.2. The van der Waals surface area contributed by atoms with E-state index in [0.717, 1.165) is 25.7 Å². The number of amides is 2. The molecule has 3 N–H and O–H groups in total. The first-order chi connectivity index (χ1) is 9.42. The molecule has 0 aromatic rings. The van der Waals surface area contributed by atoms with Crippen LogP contribution in [0.15, 0.2) is 0 Å². The second-order valence-electron chi connectivity index (χ2n) is 5.85. The third-order valence-corrected chi connectivity index (χ3v) is 4.79. The quantitative estimate of drug-likeness (QED) is 0.704. The van der Waals surface area contributed by atoms with Gasteiger partial charge >= 0.3 is 12.0 Å². The maximum Gasteiger partial charge on any atom is 0.326 e. The maximum absolute atomic E-state index is 11.9. The Morgan fingerprint density at radius 3 is 2.30 bits per heavy atom. The summed E-state index contributed by atoms with van der Waals surface area (Å²) in [6.45, 7) is 3.89. The van der Waals surface area contributed by atoms with E-state index in [4.69, 9.17) is 5.11 Å². The van der Waals surface area contributed by atoms with Crippen molar-refractivity contribution in [3.63, 3.8) is 0 Å². The Hall–Kier alpha value is -0.910. The van der Waals surface area contributed by atoms with Gasteiger partial charge in [0.05, 0.1) is 0 Å². The maximum atomic E-state index is 11.9. The van der Waals surface area contributed by atoms with E-state index in [-0.39, 0.29) is 18.0 Å². The van der Waals surface area contributed by atoms with Crippen LogP contribution in [0.1, 0.15) is 46.0 Å². The number of hydrogen-bond acceptors (Lipinski definition) is 3. The van der Waals surface area contributed by atoms with Crippen molar-refractivity contribution >= 4 is 23.8 Å². The van der Waals surface area contributed by atoms with Crippen LogP contribution >= 0.6 is 11.8 Å². The van der Waals surface area contributed by atoms with E-state index in [1.807, 2.05) is 25.6 Å².